The van der Waals surface area contributed by atoms with Crippen molar-refractivity contribution in [2.45, 2.75) is 6.92 Å². The first kappa shape index (κ1) is 14.6. The summed E-state index contributed by atoms with van der Waals surface area (Å²) in [6.45, 7) is 1.42. The summed E-state index contributed by atoms with van der Waals surface area (Å²) in [5.41, 5.74) is 0.226. The molecule has 0 atom stereocenters. The molecule has 0 aliphatic heterocycles. The average molecular weight is 317 g/mol. The molecule has 0 unspecified atom stereocenters. The molecule has 0 saturated carbocycles. The molecule has 1 rings (SSSR count). The van der Waals surface area contributed by atoms with Gasteiger partial charge in [-0.1, -0.05) is 46.0 Å². The molecule has 0 fully saturated rings. The van der Waals surface area contributed by atoms with Crippen LogP contribution in [0.2, 0.25) is 10.0 Å². The summed E-state index contributed by atoms with van der Waals surface area (Å²) >= 11 is 17.5. The molecule has 0 aliphatic rings. The van der Waals surface area contributed by atoms with Crippen molar-refractivity contribution in [3.63, 3.8) is 0 Å². The molecular formula is C9H8Cl3NO3S. The van der Waals surface area contributed by atoms with Crippen molar-refractivity contribution in [2.75, 3.05) is 5.75 Å². The van der Waals surface area contributed by atoms with E-state index in [1.807, 2.05) is 0 Å². The molecule has 1 aromatic carbocycles. The van der Waals surface area contributed by atoms with Gasteiger partial charge in [0.05, 0.1) is 21.4 Å². The van der Waals surface area contributed by atoms with E-state index in [2.05, 4.69) is 9.44 Å². The normalized spacial score (nSPS) is 12.6. The van der Waals surface area contributed by atoms with Crippen LogP contribution >= 0.6 is 34.8 Å². The van der Waals surface area contributed by atoms with Crippen molar-refractivity contribution in [3.8, 4) is 0 Å². The van der Waals surface area contributed by atoms with Crippen molar-refractivity contribution < 1.29 is 12.7 Å². The minimum Gasteiger partial charge on any atom is -0.267 e. The third-order valence-electron chi connectivity index (χ3n) is 1.75. The molecule has 4 nitrogen and oxygen atoms in total. The molecule has 0 N–H and O–H groups in total. The van der Waals surface area contributed by atoms with Crippen LogP contribution in [-0.2, 0) is 14.4 Å². The van der Waals surface area contributed by atoms with Crippen LogP contribution in [0.3, 0.4) is 0 Å². The van der Waals surface area contributed by atoms with Crippen LogP contribution in [-0.4, -0.2) is 19.3 Å². The molecular weight excluding hydrogens is 309 g/mol. The first-order valence-electron chi connectivity index (χ1n) is 4.46. The maximum absolute atomic E-state index is 11.1. The van der Waals surface area contributed by atoms with Gasteiger partial charge in [-0.3, -0.25) is 4.28 Å². The van der Waals surface area contributed by atoms with Gasteiger partial charge in [0.2, 0.25) is 0 Å². The summed E-state index contributed by atoms with van der Waals surface area (Å²) in [4.78, 5) is 0. The Kier molecular flexibility index (Phi) is 5.06. The van der Waals surface area contributed by atoms with Crippen molar-refractivity contribution in [2.24, 2.45) is 5.16 Å². The van der Waals surface area contributed by atoms with Gasteiger partial charge in [-0.15, -0.1) is 0 Å². The maximum atomic E-state index is 11.1. The Morgan fingerprint density at radius 3 is 2.35 bits per heavy atom. The maximum Gasteiger partial charge on any atom is 0.328 e. The lowest BCUT2D eigenvalue weighted by molar-refractivity contribution is 0.341. The van der Waals surface area contributed by atoms with Crippen LogP contribution in [0, 0.1) is 0 Å². The summed E-state index contributed by atoms with van der Waals surface area (Å²) in [6.07, 6.45) is 0. The van der Waals surface area contributed by atoms with Crippen LogP contribution in [0.4, 0.5) is 0 Å². The molecule has 0 radical (unpaired) electrons. The van der Waals surface area contributed by atoms with Gasteiger partial charge in [0.1, 0.15) is 0 Å². The molecule has 17 heavy (non-hydrogen) atoms. The molecule has 0 aliphatic carbocycles. The van der Waals surface area contributed by atoms with Crippen molar-refractivity contribution in [1.82, 2.24) is 0 Å². The van der Waals surface area contributed by atoms with E-state index in [1.165, 1.54) is 6.92 Å². The Labute approximate surface area is 114 Å². The summed E-state index contributed by atoms with van der Waals surface area (Å²) in [5, 5.41) is 3.57. The highest BCUT2D eigenvalue weighted by molar-refractivity contribution is 7.86. The van der Waals surface area contributed by atoms with Crippen LogP contribution in [0.25, 0.3) is 0 Å². The SMILES string of the molecule is CCS(=O)(=O)O/N=C(/Cl)c1c(Cl)cccc1Cl. The monoisotopic (exact) mass is 315 g/mol. The van der Waals surface area contributed by atoms with Crippen LogP contribution in [0.1, 0.15) is 12.5 Å². The predicted octanol–water partition coefficient (Wildman–Crippen LogP) is 3.26. The van der Waals surface area contributed by atoms with E-state index in [4.69, 9.17) is 34.8 Å². The minimum absolute atomic E-state index is 0.211. The lowest BCUT2D eigenvalue weighted by Crippen LogP contribution is -2.06. The lowest BCUT2D eigenvalue weighted by Gasteiger charge is -2.04. The highest BCUT2D eigenvalue weighted by Crippen LogP contribution is 2.26. The van der Waals surface area contributed by atoms with Gasteiger partial charge >= 0.3 is 10.1 Å². The summed E-state index contributed by atoms with van der Waals surface area (Å²) in [6, 6.07) is 4.73. The third kappa shape index (κ3) is 4.03. The van der Waals surface area contributed by atoms with Crippen molar-refractivity contribution in [3.05, 3.63) is 33.8 Å². The second-order valence-electron chi connectivity index (χ2n) is 2.90. The molecule has 1 aromatic rings. The standard InChI is InChI=1S/C9H8Cl3NO3S/c1-2-17(14,15)16-13-9(12)8-6(10)4-3-5-7(8)11/h3-5H,2H2,1H3/b13-9+. The molecule has 94 valence electrons. The predicted molar refractivity (Wildman–Crippen MR) is 69.4 cm³/mol. The highest BCUT2D eigenvalue weighted by atomic mass is 35.5. The molecule has 0 saturated heterocycles. The van der Waals surface area contributed by atoms with Gasteiger partial charge in [0.25, 0.3) is 0 Å². The van der Waals surface area contributed by atoms with E-state index >= 15 is 0 Å². The van der Waals surface area contributed by atoms with Gasteiger partial charge in [-0.25, -0.2) is 0 Å². The fourth-order valence-electron chi connectivity index (χ4n) is 0.883. The van der Waals surface area contributed by atoms with Gasteiger partial charge in [-0.05, 0) is 19.1 Å². The Morgan fingerprint density at radius 1 is 1.35 bits per heavy atom. The Morgan fingerprint density at radius 2 is 1.88 bits per heavy atom. The number of hydrogen-bond acceptors (Lipinski definition) is 4. The van der Waals surface area contributed by atoms with E-state index in [1.54, 1.807) is 18.2 Å². The number of rotatable bonds is 4. The Bertz CT molecular complexity index is 522. The van der Waals surface area contributed by atoms with Crippen LogP contribution in [0.5, 0.6) is 0 Å². The molecule has 8 heteroatoms. The number of oxime groups is 1. The minimum atomic E-state index is -3.71. The molecule has 0 amide bonds. The zero-order valence-electron chi connectivity index (χ0n) is 8.65. The summed E-state index contributed by atoms with van der Waals surface area (Å²) in [5.74, 6) is -0.211. The van der Waals surface area contributed by atoms with Crippen LogP contribution < -0.4 is 0 Å². The van der Waals surface area contributed by atoms with Gasteiger partial charge < -0.3 is 0 Å². The quantitative estimate of drug-likeness (QED) is 0.633. The topological polar surface area (TPSA) is 55.7 Å². The van der Waals surface area contributed by atoms with E-state index < -0.39 is 10.1 Å². The second-order valence-corrected chi connectivity index (χ2v) is 5.91. The molecule has 0 spiro atoms. The fraction of sp³-hybridized carbons (Fsp3) is 0.222. The Hall–Kier alpha value is -0.490. The fourth-order valence-corrected chi connectivity index (χ4v) is 2.13. The summed E-state index contributed by atoms with van der Waals surface area (Å²) in [7, 11) is -3.71. The van der Waals surface area contributed by atoms with E-state index in [0.717, 1.165) is 0 Å². The van der Waals surface area contributed by atoms with Crippen molar-refractivity contribution in [1.29, 1.82) is 0 Å². The van der Waals surface area contributed by atoms with Gasteiger partial charge in [0.15, 0.2) is 5.17 Å². The first-order chi connectivity index (χ1) is 7.87. The average Bonchev–Trinajstić information content (AvgIpc) is 2.26. The Balaban J connectivity index is 3.05. The van der Waals surface area contributed by atoms with Gasteiger partial charge in [-0.2, -0.15) is 8.42 Å². The summed E-state index contributed by atoms with van der Waals surface area (Å²) < 4.78 is 26.4. The zero-order valence-corrected chi connectivity index (χ0v) is 11.7. The number of hydrogen-bond donors (Lipinski definition) is 0. The smallest absolute Gasteiger partial charge is 0.267 e. The molecule has 0 aromatic heterocycles. The largest absolute Gasteiger partial charge is 0.328 e. The molecule has 0 bridgehead atoms. The second kappa shape index (κ2) is 5.91. The van der Waals surface area contributed by atoms with E-state index in [-0.39, 0.29) is 26.5 Å². The highest BCUT2D eigenvalue weighted by Gasteiger charge is 2.13. The first-order valence-corrected chi connectivity index (χ1v) is 7.17. The number of nitrogens with zero attached hydrogens (tertiary/aromatic N) is 1. The van der Waals surface area contributed by atoms with Crippen LogP contribution in [0.15, 0.2) is 23.4 Å². The number of halogens is 3. The lowest BCUT2D eigenvalue weighted by atomic mass is 10.2. The van der Waals surface area contributed by atoms with E-state index in [0.29, 0.717) is 0 Å². The van der Waals surface area contributed by atoms with Crippen molar-refractivity contribution >= 4 is 50.1 Å². The zero-order chi connectivity index (χ0) is 13.1. The number of benzene rings is 1. The molecule has 0 heterocycles. The van der Waals surface area contributed by atoms with E-state index in [9.17, 15) is 8.42 Å². The third-order valence-corrected chi connectivity index (χ3v) is 3.65. The van der Waals surface area contributed by atoms with Gasteiger partial charge in [0, 0.05) is 0 Å².